The van der Waals surface area contributed by atoms with Crippen molar-refractivity contribution in [2.45, 2.75) is 23.8 Å². The van der Waals surface area contributed by atoms with E-state index in [-0.39, 0.29) is 24.5 Å². The molecule has 2 aliphatic heterocycles. The molecule has 2 heterocycles. The van der Waals surface area contributed by atoms with Gasteiger partial charge in [-0.3, -0.25) is 0 Å². The minimum Gasteiger partial charge on any atom is -0.463 e. The van der Waals surface area contributed by atoms with Crippen LogP contribution in [-0.2, 0) is 25.1 Å². The molecule has 0 saturated heterocycles. The lowest BCUT2D eigenvalue weighted by Gasteiger charge is -2.41. The summed E-state index contributed by atoms with van der Waals surface area (Å²) in [7, 11) is -3.74. The van der Waals surface area contributed by atoms with Crippen molar-refractivity contribution in [3.63, 3.8) is 0 Å². The number of ether oxygens (including phenoxy) is 1. The van der Waals surface area contributed by atoms with Gasteiger partial charge in [0.2, 0.25) is 10.0 Å². The van der Waals surface area contributed by atoms with E-state index in [9.17, 15) is 18.5 Å². The molecule has 0 spiro atoms. The minimum absolute atomic E-state index is 0.0575. The number of hydrogen-bond acceptors (Lipinski definition) is 5. The number of esters is 1. The van der Waals surface area contributed by atoms with E-state index in [4.69, 9.17) is 4.74 Å². The topological polar surface area (TPSA) is 87.5 Å². The molecule has 7 heteroatoms. The van der Waals surface area contributed by atoms with Crippen molar-refractivity contribution in [1.82, 2.24) is 4.31 Å². The van der Waals surface area contributed by atoms with Gasteiger partial charge in [-0.15, -0.1) is 0 Å². The first-order chi connectivity index (χ1) is 13.4. The molecule has 1 atom stereocenters. The van der Waals surface area contributed by atoms with Gasteiger partial charge in [0, 0.05) is 18.5 Å². The molecule has 0 radical (unpaired) electrons. The summed E-state index contributed by atoms with van der Waals surface area (Å²) in [5, 5.41) is 9.34. The van der Waals surface area contributed by atoms with Crippen molar-refractivity contribution in [3.8, 4) is 6.07 Å². The van der Waals surface area contributed by atoms with Gasteiger partial charge in [-0.1, -0.05) is 36.4 Å². The summed E-state index contributed by atoms with van der Waals surface area (Å²) in [4.78, 5) is 12.7. The third-order valence-corrected chi connectivity index (χ3v) is 7.24. The Bertz CT molecular complexity index is 1150. The number of rotatable bonds is 3. The fourth-order valence-electron chi connectivity index (χ4n) is 4.10. The van der Waals surface area contributed by atoms with Crippen LogP contribution in [0.1, 0.15) is 30.0 Å². The van der Waals surface area contributed by atoms with E-state index in [1.165, 1.54) is 4.31 Å². The Morgan fingerprint density at radius 2 is 2.04 bits per heavy atom. The molecule has 0 fully saturated rings. The number of fused-ring (bicyclic) bond motifs is 3. The van der Waals surface area contributed by atoms with E-state index in [1.54, 1.807) is 61.5 Å². The second kappa shape index (κ2) is 6.59. The van der Waals surface area contributed by atoms with Gasteiger partial charge < -0.3 is 4.74 Å². The monoisotopic (exact) mass is 394 g/mol. The fraction of sp³-hybridized carbons (Fsp3) is 0.238. The van der Waals surface area contributed by atoms with Crippen LogP contribution in [0, 0.1) is 11.3 Å². The van der Waals surface area contributed by atoms with E-state index < -0.39 is 21.5 Å². The largest absolute Gasteiger partial charge is 0.463 e. The van der Waals surface area contributed by atoms with E-state index in [0.717, 1.165) is 0 Å². The van der Waals surface area contributed by atoms with Gasteiger partial charge in [0.25, 0.3) is 0 Å². The average molecular weight is 394 g/mol. The highest BCUT2D eigenvalue weighted by Gasteiger charge is 2.56. The molecule has 0 amide bonds. The summed E-state index contributed by atoms with van der Waals surface area (Å²) >= 11 is 0. The second-order valence-corrected chi connectivity index (χ2v) is 8.54. The standard InChI is InChI=1S/C21H18N2O4S/c1-2-27-20(24)16-10-11-23-21(13-16,17-7-5-6-15(12-17)14-22)18-8-3-4-9-19(18)28(23,25)26/h3-10,12H,2,11,13H2,1H3. The third-order valence-electron chi connectivity index (χ3n) is 5.28. The highest BCUT2D eigenvalue weighted by Crippen LogP contribution is 2.53. The van der Waals surface area contributed by atoms with Crippen LogP contribution in [0.25, 0.3) is 0 Å². The lowest BCUT2D eigenvalue weighted by atomic mass is 9.76. The van der Waals surface area contributed by atoms with Crippen molar-refractivity contribution in [2.24, 2.45) is 0 Å². The molecule has 0 aromatic heterocycles. The zero-order valence-electron chi connectivity index (χ0n) is 15.3. The lowest BCUT2D eigenvalue weighted by Crippen LogP contribution is -2.48. The van der Waals surface area contributed by atoms with Crippen LogP contribution in [-0.4, -0.2) is 31.8 Å². The molecule has 0 saturated carbocycles. The molecule has 2 aliphatic rings. The fourth-order valence-corrected chi connectivity index (χ4v) is 6.05. The summed E-state index contributed by atoms with van der Waals surface area (Å²) in [6.07, 6.45) is 1.77. The van der Waals surface area contributed by atoms with Crippen molar-refractivity contribution in [2.75, 3.05) is 13.2 Å². The van der Waals surface area contributed by atoms with Crippen molar-refractivity contribution < 1.29 is 17.9 Å². The van der Waals surface area contributed by atoms with E-state index in [0.29, 0.717) is 22.3 Å². The predicted molar refractivity (Wildman–Crippen MR) is 102 cm³/mol. The lowest BCUT2D eigenvalue weighted by molar-refractivity contribution is -0.139. The van der Waals surface area contributed by atoms with Crippen LogP contribution >= 0.6 is 0 Å². The Morgan fingerprint density at radius 3 is 2.79 bits per heavy atom. The maximum atomic E-state index is 13.3. The van der Waals surface area contributed by atoms with Crippen LogP contribution in [0.4, 0.5) is 0 Å². The smallest absolute Gasteiger partial charge is 0.333 e. The van der Waals surface area contributed by atoms with Gasteiger partial charge in [-0.25, -0.2) is 13.2 Å². The number of sulfonamides is 1. The summed E-state index contributed by atoms with van der Waals surface area (Å²) in [6, 6.07) is 15.9. The molecule has 0 N–H and O–H groups in total. The van der Waals surface area contributed by atoms with Crippen molar-refractivity contribution >= 4 is 16.0 Å². The number of carbonyl (C=O) groups is 1. The zero-order chi connectivity index (χ0) is 19.9. The Morgan fingerprint density at radius 1 is 1.25 bits per heavy atom. The predicted octanol–water partition coefficient (Wildman–Crippen LogP) is 2.70. The number of nitriles is 1. The van der Waals surface area contributed by atoms with Crippen molar-refractivity contribution in [1.29, 1.82) is 5.26 Å². The van der Waals surface area contributed by atoms with Gasteiger partial charge >= 0.3 is 5.97 Å². The molecule has 142 valence electrons. The molecule has 0 aliphatic carbocycles. The van der Waals surface area contributed by atoms with Crippen LogP contribution in [0.5, 0.6) is 0 Å². The quantitative estimate of drug-likeness (QED) is 0.747. The molecule has 1 unspecified atom stereocenters. The second-order valence-electron chi connectivity index (χ2n) is 6.71. The molecule has 4 rings (SSSR count). The number of carbonyl (C=O) groups excluding carboxylic acids is 1. The molecular formula is C21H18N2O4S. The SMILES string of the molecule is CCOC(=O)C1=CCN2C(c3cccc(C#N)c3)(C1)c1ccccc1S2(=O)=O. The van der Waals surface area contributed by atoms with Gasteiger partial charge in [0.1, 0.15) is 0 Å². The summed E-state index contributed by atoms with van der Waals surface area (Å²) < 4.78 is 33.1. The summed E-state index contributed by atoms with van der Waals surface area (Å²) in [5.41, 5.74) is 1.06. The molecule has 28 heavy (non-hydrogen) atoms. The van der Waals surface area contributed by atoms with Gasteiger partial charge in [-0.2, -0.15) is 9.57 Å². The Labute approximate surface area is 163 Å². The third kappa shape index (κ3) is 2.49. The first kappa shape index (κ1) is 18.4. The van der Waals surface area contributed by atoms with Gasteiger partial charge in [0.05, 0.1) is 28.7 Å². The summed E-state index contributed by atoms with van der Waals surface area (Å²) in [5.74, 6) is -0.445. The van der Waals surface area contributed by atoms with Gasteiger partial charge in [0.15, 0.2) is 0 Å². The van der Waals surface area contributed by atoms with Crippen LogP contribution in [0.15, 0.2) is 65.1 Å². The van der Waals surface area contributed by atoms with E-state index >= 15 is 0 Å². The molecule has 2 aromatic carbocycles. The maximum Gasteiger partial charge on any atom is 0.333 e. The Balaban J connectivity index is 2.00. The van der Waals surface area contributed by atoms with E-state index in [2.05, 4.69) is 6.07 Å². The Hall–Kier alpha value is -2.95. The van der Waals surface area contributed by atoms with Crippen LogP contribution in [0.2, 0.25) is 0 Å². The zero-order valence-corrected chi connectivity index (χ0v) is 16.1. The molecule has 2 aromatic rings. The highest BCUT2D eigenvalue weighted by atomic mass is 32.2. The number of hydrogen-bond donors (Lipinski definition) is 0. The first-order valence-corrected chi connectivity index (χ1v) is 10.4. The molecular weight excluding hydrogens is 376 g/mol. The first-order valence-electron chi connectivity index (χ1n) is 8.94. The van der Waals surface area contributed by atoms with Gasteiger partial charge in [-0.05, 0) is 36.2 Å². The number of nitrogens with zero attached hydrogens (tertiary/aromatic N) is 2. The molecule has 6 nitrogen and oxygen atoms in total. The van der Waals surface area contributed by atoms with Crippen LogP contribution < -0.4 is 0 Å². The van der Waals surface area contributed by atoms with Crippen LogP contribution in [0.3, 0.4) is 0 Å². The maximum absolute atomic E-state index is 13.3. The normalized spacial score (nSPS) is 22.5. The van der Waals surface area contributed by atoms with Crippen molar-refractivity contribution in [3.05, 3.63) is 76.9 Å². The Kier molecular flexibility index (Phi) is 4.33. The average Bonchev–Trinajstić information content (AvgIpc) is 2.93. The molecule has 0 bridgehead atoms. The van der Waals surface area contributed by atoms with E-state index in [1.807, 2.05) is 0 Å². The summed E-state index contributed by atoms with van der Waals surface area (Å²) in [6.45, 7) is 2.03. The highest BCUT2D eigenvalue weighted by molar-refractivity contribution is 7.89. The number of benzene rings is 2. The minimum atomic E-state index is -3.74.